The molecule has 0 aromatic carbocycles. The summed E-state index contributed by atoms with van der Waals surface area (Å²) in [5.41, 5.74) is 10.9. The van der Waals surface area contributed by atoms with Gasteiger partial charge in [0.05, 0.1) is 5.71 Å². The SMILES string of the molecule is CC(C(=NNC(N)=S)C(C)c1ccccn1)c1ccccn1. The molecular formula is C16H19N5S. The first-order valence-corrected chi connectivity index (χ1v) is 7.45. The van der Waals surface area contributed by atoms with Crippen LogP contribution >= 0.6 is 12.2 Å². The molecular weight excluding hydrogens is 294 g/mol. The smallest absolute Gasteiger partial charge is 0.184 e. The van der Waals surface area contributed by atoms with Crippen molar-refractivity contribution < 1.29 is 0 Å². The molecule has 2 aromatic heterocycles. The van der Waals surface area contributed by atoms with Crippen molar-refractivity contribution in [2.75, 3.05) is 0 Å². The Morgan fingerprint density at radius 1 is 1.05 bits per heavy atom. The van der Waals surface area contributed by atoms with Crippen molar-refractivity contribution in [3.05, 3.63) is 60.2 Å². The Morgan fingerprint density at radius 2 is 1.55 bits per heavy atom. The molecule has 2 rings (SSSR count). The van der Waals surface area contributed by atoms with Gasteiger partial charge in [0.15, 0.2) is 5.11 Å². The first kappa shape index (κ1) is 16.0. The van der Waals surface area contributed by atoms with Crippen LogP contribution in [0.5, 0.6) is 0 Å². The molecule has 0 radical (unpaired) electrons. The fraction of sp³-hybridized carbons (Fsp3) is 0.250. The predicted octanol–water partition coefficient (Wildman–Crippen LogP) is 2.57. The first-order chi connectivity index (χ1) is 10.6. The molecule has 0 saturated heterocycles. The highest BCUT2D eigenvalue weighted by Gasteiger charge is 2.22. The number of rotatable bonds is 5. The zero-order valence-corrected chi connectivity index (χ0v) is 13.4. The number of thiocarbonyl (C=S) groups is 1. The van der Waals surface area contributed by atoms with Gasteiger partial charge in [-0.15, -0.1) is 0 Å². The lowest BCUT2D eigenvalue weighted by Crippen LogP contribution is -2.28. The monoisotopic (exact) mass is 313 g/mol. The molecule has 114 valence electrons. The fourth-order valence-corrected chi connectivity index (χ4v) is 2.30. The summed E-state index contributed by atoms with van der Waals surface area (Å²) in [5, 5.41) is 4.53. The van der Waals surface area contributed by atoms with Crippen LogP contribution in [0.15, 0.2) is 53.9 Å². The molecule has 6 heteroatoms. The van der Waals surface area contributed by atoms with Crippen LogP contribution in [0.4, 0.5) is 0 Å². The maximum atomic E-state index is 5.50. The molecule has 2 atom stereocenters. The van der Waals surface area contributed by atoms with Crippen molar-refractivity contribution >= 4 is 23.0 Å². The number of hydrogen-bond donors (Lipinski definition) is 2. The summed E-state index contributed by atoms with van der Waals surface area (Å²) in [5.74, 6) is 0.0279. The van der Waals surface area contributed by atoms with E-state index in [1.807, 2.05) is 36.4 Å². The molecule has 2 aromatic rings. The Bertz CT molecular complexity index is 595. The van der Waals surface area contributed by atoms with E-state index in [-0.39, 0.29) is 16.9 Å². The third-order valence-electron chi connectivity index (χ3n) is 3.45. The van der Waals surface area contributed by atoms with Gasteiger partial charge in [0, 0.05) is 35.6 Å². The van der Waals surface area contributed by atoms with E-state index in [1.54, 1.807) is 12.4 Å². The van der Waals surface area contributed by atoms with Crippen LogP contribution in [0.1, 0.15) is 37.1 Å². The molecule has 0 saturated carbocycles. The molecule has 3 N–H and O–H groups in total. The van der Waals surface area contributed by atoms with E-state index in [4.69, 9.17) is 18.0 Å². The molecule has 0 aliphatic heterocycles. The number of hydrogen-bond acceptors (Lipinski definition) is 4. The van der Waals surface area contributed by atoms with Crippen LogP contribution < -0.4 is 11.2 Å². The van der Waals surface area contributed by atoms with E-state index >= 15 is 0 Å². The van der Waals surface area contributed by atoms with Gasteiger partial charge < -0.3 is 5.73 Å². The van der Waals surface area contributed by atoms with E-state index in [1.165, 1.54) is 0 Å². The van der Waals surface area contributed by atoms with Crippen LogP contribution in [-0.4, -0.2) is 20.8 Å². The van der Waals surface area contributed by atoms with Crippen LogP contribution in [0.2, 0.25) is 0 Å². The molecule has 0 bridgehead atoms. The summed E-state index contributed by atoms with van der Waals surface area (Å²) in [6.07, 6.45) is 3.55. The Morgan fingerprint density at radius 3 is 1.91 bits per heavy atom. The zero-order chi connectivity index (χ0) is 15.9. The highest BCUT2D eigenvalue weighted by atomic mass is 32.1. The van der Waals surface area contributed by atoms with Gasteiger partial charge >= 0.3 is 0 Å². The third-order valence-corrected chi connectivity index (χ3v) is 3.54. The number of aromatic nitrogens is 2. The lowest BCUT2D eigenvalue weighted by atomic mass is 9.89. The van der Waals surface area contributed by atoms with Gasteiger partial charge in [0.2, 0.25) is 0 Å². The van der Waals surface area contributed by atoms with Gasteiger partial charge in [-0.25, -0.2) is 0 Å². The van der Waals surface area contributed by atoms with Crippen molar-refractivity contribution in [3.63, 3.8) is 0 Å². The fourth-order valence-electron chi connectivity index (χ4n) is 2.26. The predicted molar refractivity (Wildman–Crippen MR) is 92.7 cm³/mol. The minimum absolute atomic E-state index is 0.0139. The van der Waals surface area contributed by atoms with Gasteiger partial charge in [0.25, 0.3) is 0 Å². The van der Waals surface area contributed by atoms with Gasteiger partial charge in [0.1, 0.15) is 0 Å². The Balaban J connectivity index is 2.34. The van der Waals surface area contributed by atoms with E-state index in [0.29, 0.717) is 0 Å². The topological polar surface area (TPSA) is 76.2 Å². The third kappa shape index (κ3) is 4.08. The second kappa shape index (κ2) is 7.61. The molecule has 0 amide bonds. The maximum Gasteiger partial charge on any atom is 0.184 e. The van der Waals surface area contributed by atoms with Crippen molar-refractivity contribution in [1.29, 1.82) is 0 Å². The van der Waals surface area contributed by atoms with E-state index < -0.39 is 0 Å². The molecule has 5 nitrogen and oxygen atoms in total. The van der Waals surface area contributed by atoms with Gasteiger partial charge in [-0.3, -0.25) is 15.4 Å². The molecule has 0 spiro atoms. The minimum Gasteiger partial charge on any atom is -0.375 e. The first-order valence-electron chi connectivity index (χ1n) is 7.04. The summed E-state index contributed by atoms with van der Waals surface area (Å²) in [4.78, 5) is 8.82. The quantitative estimate of drug-likeness (QED) is 0.504. The summed E-state index contributed by atoms with van der Waals surface area (Å²) in [6, 6.07) is 11.7. The standard InChI is InChI=1S/C16H19N5S/c1-11(13-7-3-5-9-18-13)15(20-21-16(17)22)12(2)14-8-4-6-10-19-14/h3-12H,1-2H3,(H3,17,21,22). The Labute approximate surface area is 135 Å². The van der Waals surface area contributed by atoms with E-state index in [2.05, 4.69) is 34.3 Å². The summed E-state index contributed by atoms with van der Waals surface area (Å²) >= 11 is 4.85. The highest BCUT2D eigenvalue weighted by Crippen LogP contribution is 2.25. The Kier molecular flexibility index (Phi) is 5.55. The zero-order valence-electron chi connectivity index (χ0n) is 12.6. The molecule has 0 aliphatic carbocycles. The number of hydrazone groups is 1. The highest BCUT2D eigenvalue weighted by molar-refractivity contribution is 7.80. The number of nitrogens with zero attached hydrogens (tertiary/aromatic N) is 3. The number of pyridine rings is 2. The van der Waals surface area contributed by atoms with Crippen molar-refractivity contribution in [2.45, 2.75) is 25.7 Å². The summed E-state index contributed by atoms with van der Waals surface area (Å²) in [6.45, 7) is 4.11. The van der Waals surface area contributed by atoms with Crippen molar-refractivity contribution in [1.82, 2.24) is 15.4 Å². The van der Waals surface area contributed by atoms with Crippen molar-refractivity contribution in [2.24, 2.45) is 10.8 Å². The number of nitrogens with two attached hydrogens (primary N) is 1. The second-order valence-corrected chi connectivity index (χ2v) is 5.41. The second-order valence-electron chi connectivity index (χ2n) is 4.97. The molecule has 0 aliphatic rings. The van der Waals surface area contributed by atoms with E-state index in [9.17, 15) is 0 Å². The Hall–Kier alpha value is -2.34. The van der Waals surface area contributed by atoms with Crippen LogP contribution in [-0.2, 0) is 0 Å². The van der Waals surface area contributed by atoms with Crippen LogP contribution in [0.25, 0.3) is 0 Å². The lowest BCUT2D eigenvalue weighted by molar-refractivity contribution is 0.827. The van der Waals surface area contributed by atoms with Crippen LogP contribution in [0.3, 0.4) is 0 Å². The van der Waals surface area contributed by atoms with Gasteiger partial charge in [-0.05, 0) is 36.5 Å². The molecule has 2 heterocycles. The average Bonchev–Trinajstić information content (AvgIpc) is 2.56. The largest absolute Gasteiger partial charge is 0.375 e. The van der Waals surface area contributed by atoms with Gasteiger partial charge in [-0.2, -0.15) is 5.10 Å². The molecule has 22 heavy (non-hydrogen) atoms. The van der Waals surface area contributed by atoms with Gasteiger partial charge in [-0.1, -0.05) is 26.0 Å². The normalized spacial score (nSPS) is 13.0. The number of nitrogens with one attached hydrogen (secondary N) is 1. The summed E-state index contributed by atoms with van der Waals surface area (Å²) < 4.78 is 0. The summed E-state index contributed by atoms with van der Waals surface area (Å²) in [7, 11) is 0. The molecule has 2 unspecified atom stereocenters. The average molecular weight is 313 g/mol. The van der Waals surface area contributed by atoms with Crippen molar-refractivity contribution in [3.8, 4) is 0 Å². The molecule has 0 fully saturated rings. The van der Waals surface area contributed by atoms with E-state index in [0.717, 1.165) is 17.1 Å². The van der Waals surface area contributed by atoms with Crippen LogP contribution in [0, 0.1) is 0 Å². The minimum atomic E-state index is 0.0139. The lowest BCUT2D eigenvalue weighted by Gasteiger charge is -2.20. The maximum absolute atomic E-state index is 5.50.